The molecule has 0 spiro atoms. The lowest BCUT2D eigenvalue weighted by Gasteiger charge is -2.36. The molecule has 0 radical (unpaired) electrons. The summed E-state index contributed by atoms with van der Waals surface area (Å²) in [5.41, 5.74) is 1.73. The average molecular weight is 457 g/mol. The Morgan fingerprint density at radius 3 is 2.66 bits per heavy atom. The van der Waals surface area contributed by atoms with Gasteiger partial charge in [-0.15, -0.1) is 0 Å². The van der Waals surface area contributed by atoms with Crippen LogP contribution in [0.4, 0.5) is 17.7 Å². The second kappa shape index (κ2) is 9.49. The number of nitrogens with one attached hydrogen (secondary N) is 2. The normalized spacial score (nSPS) is 15.5. The Bertz CT molecular complexity index is 1120. The summed E-state index contributed by atoms with van der Waals surface area (Å²) < 4.78 is 0. The van der Waals surface area contributed by atoms with Gasteiger partial charge in [-0.3, -0.25) is 9.69 Å². The van der Waals surface area contributed by atoms with Gasteiger partial charge in [-0.2, -0.15) is 4.98 Å². The molecular weight excluding hydrogens is 432 g/mol. The lowest BCUT2D eigenvalue weighted by molar-refractivity contribution is -0.138. The van der Waals surface area contributed by atoms with Crippen LogP contribution in [0, 0.1) is 0 Å². The summed E-state index contributed by atoms with van der Waals surface area (Å²) in [7, 11) is 1.75. The highest BCUT2D eigenvalue weighted by atomic mass is 35.5. The number of piperazine rings is 1. The van der Waals surface area contributed by atoms with Gasteiger partial charge in [-0.05, 0) is 19.1 Å². The SMILES string of the molecule is CNc1ncnc(NC(C)c2cc3cccc(Cl)c3nc2N2CCN(CC(=O)O)CC2)n1. The molecule has 1 atom stereocenters. The standard InChI is InChI=1S/C21H25ClN8O2/c1-13(26-21-25-12-24-20(23-2)28-21)15-10-14-4-3-5-16(22)18(14)27-19(15)30-8-6-29(7-9-30)11-17(31)32/h3-5,10,12-13H,6-9,11H2,1-2H3,(H,31,32)(H2,23,24,25,26,28). The van der Waals surface area contributed by atoms with Crippen LogP contribution in [0.1, 0.15) is 18.5 Å². The zero-order chi connectivity index (χ0) is 22.7. The Balaban J connectivity index is 1.66. The Morgan fingerprint density at radius 1 is 1.19 bits per heavy atom. The summed E-state index contributed by atoms with van der Waals surface area (Å²) in [5, 5.41) is 16.9. The van der Waals surface area contributed by atoms with E-state index in [1.807, 2.05) is 30.0 Å². The van der Waals surface area contributed by atoms with Gasteiger partial charge in [-0.1, -0.05) is 23.7 Å². The number of para-hydroxylation sites is 1. The average Bonchev–Trinajstić information content (AvgIpc) is 2.79. The van der Waals surface area contributed by atoms with Crippen LogP contribution in [0.3, 0.4) is 0 Å². The molecule has 0 saturated carbocycles. The minimum absolute atomic E-state index is 0.0445. The third-order valence-electron chi connectivity index (χ3n) is 5.44. The maximum atomic E-state index is 11.1. The molecule has 3 N–H and O–H groups in total. The number of anilines is 3. The first kappa shape index (κ1) is 22.0. The van der Waals surface area contributed by atoms with Crippen LogP contribution >= 0.6 is 11.6 Å². The quantitative estimate of drug-likeness (QED) is 0.489. The van der Waals surface area contributed by atoms with E-state index in [-0.39, 0.29) is 12.6 Å². The lowest BCUT2D eigenvalue weighted by atomic mass is 10.0. The molecule has 168 valence electrons. The molecule has 0 bridgehead atoms. The number of aliphatic carboxylic acids is 1. The van der Waals surface area contributed by atoms with Crippen LogP contribution in [-0.4, -0.2) is 75.7 Å². The Kier molecular flexibility index (Phi) is 6.52. The lowest BCUT2D eigenvalue weighted by Crippen LogP contribution is -2.48. The van der Waals surface area contributed by atoms with Gasteiger partial charge >= 0.3 is 5.97 Å². The number of benzene rings is 1. The molecule has 32 heavy (non-hydrogen) atoms. The topological polar surface area (TPSA) is 119 Å². The van der Waals surface area contributed by atoms with E-state index >= 15 is 0 Å². The van der Waals surface area contributed by atoms with Gasteiger partial charge in [0, 0.05) is 44.2 Å². The van der Waals surface area contributed by atoms with E-state index in [9.17, 15) is 4.79 Å². The van der Waals surface area contributed by atoms with Crippen molar-refractivity contribution in [3.8, 4) is 0 Å². The van der Waals surface area contributed by atoms with Crippen LogP contribution in [0.25, 0.3) is 10.9 Å². The number of hydrogen-bond acceptors (Lipinski definition) is 9. The maximum absolute atomic E-state index is 11.1. The van der Waals surface area contributed by atoms with Crippen molar-refractivity contribution < 1.29 is 9.90 Å². The molecule has 0 aliphatic carbocycles. The van der Waals surface area contributed by atoms with Crippen molar-refractivity contribution in [2.24, 2.45) is 0 Å². The largest absolute Gasteiger partial charge is 0.480 e. The summed E-state index contributed by atoms with van der Waals surface area (Å²) in [5.74, 6) is 0.947. The number of nitrogens with zero attached hydrogens (tertiary/aromatic N) is 6. The molecule has 1 aromatic carbocycles. The molecule has 4 rings (SSSR count). The number of carboxylic acid groups (broad SMARTS) is 1. The molecule has 10 nitrogen and oxygen atoms in total. The number of hydrogen-bond donors (Lipinski definition) is 3. The van der Waals surface area contributed by atoms with Crippen LogP contribution in [0.15, 0.2) is 30.6 Å². The zero-order valence-electron chi connectivity index (χ0n) is 17.9. The summed E-state index contributed by atoms with van der Waals surface area (Å²) >= 11 is 6.44. The number of fused-ring (bicyclic) bond motifs is 1. The Labute approximate surface area is 190 Å². The van der Waals surface area contributed by atoms with Crippen molar-refractivity contribution >= 4 is 46.2 Å². The van der Waals surface area contributed by atoms with E-state index in [1.54, 1.807) is 7.05 Å². The number of aromatic nitrogens is 4. The molecule has 3 aromatic rings. The number of halogens is 1. The first-order valence-corrected chi connectivity index (χ1v) is 10.7. The number of rotatable bonds is 7. The predicted octanol–water partition coefficient (Wildman–Crippen LogP) is 2.49. The fraction of sp³-hybridized carbons (Fsp3) is 0.381. The fourth-order valence-electron chi connectivity index (χ4n) is 3.81. The van der Waals surface area contributed by atoms with Crippen molar-refractivity contribution in [3.63, 3.8) is 0 Å². The number of pyridine rings is 1. The first-order chi connectivity index (χ1) is 15.4. The molecule has 1 unspecified atom stereocenters. The summed E-state index contributed by atoms with van der Waals surface area (Å²) in [4.78, 5) is 32.7. The van der Waals surface area contributed by atoms with E-state index in [1.165, 1.54) is 6.33 Å². The van der Waals surface area contributed by atoms with E-state index < -0.39 is 5.97 Å². The van der Waals surface area contributed by atoms with Gasteiger partial charge in [0.05, 0.1) is 23.1 Å². The molecule has 0 amide bonds. The Hall–Kier alpha value is -3.24. The maximum Gasteiger partial charge on any atom is 0.317 e. The third kappa shape index (κ3) is 4.81. The molecule has 3 heterocycles. The van der Waals surface area contributed by atoms with Gasteiger partial charge in [0.1, 0.15) is 12.1 Å². The van der Waals surface area contributed by atoms with Gasteiger partial charge in [0.2, 0.25) is 11.9 Å². The molecule has 1 aliphatic heterocycles. The molecule has 11 heteroatoms. The smallest absolute Gasteiger partial charge is 0.317 e. The Morgan fingerprint density at radius 2 is 1.94 bits per heavy atom. The highest BCUT2D eigenvalue weighted by Crippen LogP contribution is 2.33. The molecular formula is C21H25ClN8O2. The van der Waals surface area contributed by atoms with E-state index in [4.69, 9.17) is 21.7 Å². The van der Waals surface area contributed by atoms with Crippen LogP contribution < -0.4 is 15.5 Å². The van der Waals surface area contributed by atoms with Gasteiger partial charge in [0.15, 0.2) is 0 Å². The van der Waals surface area contributed by atoms with Crippen molar-refractivity contribution in [2.75, 3.05) is 55.3 Å². The minimum Gasteiger partial charge on any atom is -0.480 e. The molecule has 1 aliphatic rings. The summed E-state index contributed by atoms with van der Waals surface area (Å²) in [6.07, 6.45) is 1.45. The molecule has 2 aromatic heterocycles. The second-order valence-electron chi connectivity index (χ2n) is 7.62. The molecule has 1 saturated heterocycles. The zero-order valence-corrected chi connectivity index (χ0v) is 18.7. The summed E-state index contributed by atoms with van der Waals surface area (Å²) in [6.45, 7) is 4.71. The van der Waals surface area contributed by atoms with Crippen LogP contribution in [0.5, 0.6) is 0 Å². The van der Waals surface area contributed by atoms with Crippen molar-refractivity contribution in [1.82, 2.24) is 24.8 Å². The predicted molar refractivity (Wildman–Crippen MR) is 124 cm³/mol. The minimum atomic E-state index is -0.814. The van der Waals surface area contributed by atoms with Gasteiger partial charge in [0.25, 0.3) is 0 Å². The van der Waals surface area contributed by atoms with Crippen molar-refractivity contribution in [3.05, 3.63) is 41.2 Å². The van der Waals surface area contributed by atoms with Gasteiger partial charge < -0.3 is 20.6 Å². The first-order valence-electron chi connectivity index (χ1n) is 10.4. The monoisotopic (exact) mass is 456 g/mol. The van der Waals surface area contributed by atoms with Crippen LogP contribution in [-0.2, 0) is 4.79 Å². The molecule has 1 fully saturated rings. The van der Waals surface area contributed by atoms with E-state index in [0.717, 1.165) is 22.3 Å². The van der Waals surface area contributed by atoms with Gasteiger partial charge in [-0.25, -0.2) is 15.0 Å². The second-order valence-corrected chi connectivity index (χ2v) is 8.03. The highest BCUT2D eigenvalue weighted by molar-refractivity contribution is 6.35. The summed E-state index contributed by atoms with van der Waals surface area (Å²) in [6, 6.07) is 7.66. The van der Waals surface area contributed by atoms with E-state index in [0.29, 0.717) is 43.1 Å². The third-order valence-corrected chi connectivity index (χ3v) is 5.75. The fourth-order valence-corrected chi connectivity index (χ4v) is 4.03. The highest BCUT2D eigenvalue weighted by Gasteiger charge is 2.24. The van der Waals surface area contributed by atoms with Crippen molar-refractivity contribution in [2.45, 2.75) is 13.0 Å². The number of carbonyl (C=O) groups is 1. The van der Waals surface area contributed by atoms with E-state index in [2.05, 4.69) is 36.6 Å². The van der Waals surface area contributed by atoms with Crippen molar-refractivity contribution in [1.29, 1.82) is 0 Å². The van der Waals surface area contributed by atoms with Crippen LogP contribution in [0.2, 0.25) is 5.02 Å². The number of carboxylic acids is 1.